The van der Waals surface area contributed by atoms with Crippen LogP contribution in [0, 0.1) is 5.82 Å². The van der Waals surface area contributed by atoms with Crippen molar-refractivity contribution in [1.82, 2.24) is 9.97 Å². The Balaban J connectivity index is 2.06. The van der Waals surface area contributed by atoms with Gasteiger partial charge >= 0.3 is 0 Å². The van der Waals surface area contributed by atoms with E-state index in [1.165, 1.54) is 12.1 Å². The Hall–Kier alpha value is -2.46. The Kier molecular flexibility index (Phi) is 3.79. The maximum absolute atomic E-state index is 13.0. The maximum Gasteiger partial charge on any atom is 0.138 e. The van der Waals surface area contributed by atoms with Gasteiger partial charge in [-0.05, 0) is 29.8 Å². The van der Waals surface area contributed by atoms with Gasteiger partial charge in [0.1, 0.15) is 11.6 Å². The van der Waals surface area contributed by atoms with Crippen LogP contribution in [0.1, 0.15) is 5.69 Å². The van der Waals surface area contributed by atoms with Gasteiger partial charge in [0, 0.05) is 12.7 Å². The van der Waals surface area contributed by atoms with Gasteiger partial charge in [0.15, 0.2) is 0 Å². The molecule has 0 fully saturated rings. The van der Waals surface area contributed by atoms with Crippen LogP contribution in [0.15, 0.2) is 54.6 Å². The standard InChI is InChI=1S/C17H15FN2O/c1-21-11-15-16(12-5-3-2-4-6-12)20-17(19-15)13-7-9-14(18)10-8-13/h2-10H,11H2,1H3,(H,19,20). The van der Waals surface area contributed by atoms with Gasteiger partial charge in [-0.25, -0.2) is 9.37 Å². The largest absolute Gasteiger partial charge is 0.378 e. The average molecular weight is 282 g/mol. The van der Waals surface area contributed by atoms with E-state index >= 15 is 0 Å². The van der Waals surface area contributed by atoms with Gasteiger partial charge in [-0.2, -0.15) is 0 Å². The van der Waals surface area contributed by atoms with Gasteiger partial charge in [0.2, 0.25) is 0 Å². The van der Waals surface area contributed by atoms with E-state index in [0.717, 1.165) is 22.5 Å². The number of nitrogens with one attached hydrogen (secondary N) is 1. The first-order chi connectivity index (χ1) is 10.3. The molecule has 2 aromatic carbocycles. The van der Waals surface area contributed by atoms with E-state index in [-0.39, 0.29) is 5.82 Å². The molecule has 0 radical (unpaired) electrons. The quantitative estimate of drug-likeness (QED) is 0.784. The molecule has 3 nitrogen and oxygen atoms in total. The molecule has 3 rings (SSSR count). The number of methoxy groups -OCH3 is 1. The molecule has 0 atom stereocenters. The topological polar surface area (TPSA) is 37.9 Å². The van der Waals surface area contributed by atoms with Crippen LogP contribution >= 0.6 is 0 Å². The first-order valence-electron chi connectivity index (χ1n) is 6.67. The van der Waals surface area contributed by atoms with Crippen molar-refractivity contribution in [3.8, 4) is 22.6 Å². The zero-order chi connectivity index (χ0) is 14.7. The van der Waals surface area contributed by atoms with Crippen molar-refractivity contribution in [3.63, 3.8) is 0 Å². The molecule has 0 spiro atoms. The fraction of sp³-hybridized carbons (Fsp3) is 0.118. The van der Waals surface area contributed by atoms with Crippen LogP contribution in [0.2, 0.25) is 0 Å². The Morgan fingerprint density at radius 1 is 1.00 bits per heavy atom. The number of H-pyrrole nitrogens is 1. The lowest BCUT2D eigenvalue weighted by Crippen LogP contribution is -1.91. The monoisotopic (exact) mass is 282 g/mol. The summed E-state index contributed by atoms with van der Waals surface area (Å²) >= 11 is 0. The van der Waals surface area contributed by atoms with Gasteiger partial charge < -0.3 is 9.72 Å². The Labute approximate surface area is 122 Å². The van der Waals surface area contributed by atoms with Crippen LogP contribution < -0.4 is 0 Å². The molecule has 106 valence electrons. The molecule has 1 N–H and O–H groups in total. The van der Waals surface area contributed by atoms with Crippen LogP contribution in [0.5, 0.6) is 0 Å². The number of nitrogens with zero attached hydrogens (tertiary/aromatic N) is 1. The third-order valence-corrected chi connectivity index (χ3v) is 3.24. The number of hydrogen-bond donors (Lipinski definition) is 1. The second kappa shape index (κ2) is 5.89. The highest BCUT2D eigenvalue weighted by Gasteiger charge is 2.13. The van der Waals surface area contributed by atoms with Crippen molar-refractivity contribution in [2.45, 2.75) is 6.61 Å². The predicted molar refractivity (Wildman–Crippen MR) is 80.1 cm³/mol. The van der Waals surface area contributed by atoms with Crippen molar-refractivity contribution in [3.05, 3.63) is 66.1 Å². The molecule has 1 heterocycles. The Bertz CT molecular complexity index is 720. The number of rotatable bonds is 4. The summed E-state index contributed by atoms with van der Waals surface area (Å²) in [5, 5.41) is 0. The zero-order valence-corrected chi connectivity index (χ0v) is 11.6. The third-order valence-electron chi connectivity index (χ3n) is 3.24. The molecule has 0 unspecified atom stereocenters. The molecule has 0 saturated carbocycles. The highest BCUT2D eigenvalue weighted by Crippen LogP contribution is 2.26. The summed E-state index contributed by atoms with van der Waals surface area (Å²) in [6.45, 7) is 0.419. The van der Waals surface area contributed by atoms with E-state index in [1.54, 1.807) is 19.2 Å². The summed E-state index contributed by atoms with van der Waals surface area (Å²) in [5.41, 5.74) is 3.65. The van der Waals surface area contributed by atoms with Crippen LogP contribution in [-0.2, 0) is 11.3 Å². The minimum absolute atomic E-state index is 0.259. The molecule has 0 saturated heterocycles. The second-order valence-corrected chi connectivity index (χ2v) is 4.71. The number of imidazole rings is 1. The molecular formula is C17H15FN2O. The van der Waals surface area contributed by atoms with Crippen molar-refractivity contribution in [2.24, 2.45) is 0 Å². The molecule has 0 bridgehead atoms. The number of halogens is 1. The number of hydrogen-bond acceptors (Lipinski definition) is 2. The molecule has 0 aliphatic rings. The van der Waals surface area contributed by atoms with Gasteiger partial charge in [-0.15, -0.1) is 0 Å². The summed E-state index contributed by atoms with van der Waals surface area (Å²) < 4.78 is 18.2. The second-order valence-electron chi connectivity index (χ2n) is 4.71. The van der Waals surface area contributed by atoms with Crippen molar-refractivity contribution in [1.29, 1.82) is 0 Å². The third kappa shape index (κ3) is 2.85. The number of aromatic amines is 1. The highest BCUT2D eigenvalue weighted by molar-refractivity contribution is 5.67. The minimum Gasteiger partial charge on any atom is -0.378 e. The van der Waals surface area contributed by atoms with Crippen LogP contribution in [0.4, 0.5) is 4.39 Å². The average Bonchev–Trinajstić information content (AvgIpc) is 2.93. The molecule has 0 aliphatic heterocycles. The van der Waals surface area contributed by atoms with E-state index in [4.69, 9.17) is 4.74 Å². The van der Waals surface area contributed by atoms with Crippen LogP contribution in [0.3, 0.4) is 0 Å². The summed E-state index contributed by atoms with van der Waals surface area (Å²) in [5.74, 6) is 0.451. The summed E-state index contributed by atoms with van der Waals surface area (Å²) in [6.07, 6.45) is 0. The van der Waals surface area contributed by atoms with Crippen LogP contribution in [-0.4, -0.2) is 17.1 Å². The van der Waals surface area contributed by atoms with Crippen molar-refractivity contribution in [2.75, 3.05) is 7.11 Å². The first-order valence-corrected chi connectivity index (χ1v) is 6.67. The lowest BCUT2D eigenvalue weighted by Gasteiger charge is -2.01. The summed E-state index contributed by atoms with van der Waals surface area (Å²) in [4.78, 5) is 7.88. The summed E-state index contributed by atoms with van der Waals surface area (Å²) in [6, 6.07) is 16.2. The minimum atomic E-state index is -0.259. The number of aromatic nitrogens is 2. The van der Waals surface area contributed by atoms with E-state index in [2.05, 4.69) is 9.97 Å². The molecule has 0 aliphatic carbocycles. The Morgan fingerprint density at radius 3 is 2.38 bits per heavy atom. The fourth-order valence-electron chi connectivity index (χ4n) is 2.24. The zero-order valence-electron chi connectivity index (χ0n) is 11.6. The molecular weight excluding hydrogens is 267 g/mol. The smallest absolute Gasteiger partial charge is 0.138 e. The van der Waals surface area contributed by atoms with Crippen molar-refractivity contribution < 1.29 is 9.13 Å². The van der Waals surface area contributed by atoms with Gasteiger partial charge in [0.05, 0.1) is 18.0 Å². The predicted octanol–water partition coefficient (Wildman–Crippen LogP) is 4.03. The van der Waals surface area contributed by atoms with E-state index in [9.17, 15) is 4.39 Å². The summed E-state index contributed by atoms with van der Waals surface area (Å²) in [7, 11) is 1.64. The lowest BCUT2D eigenvalue weighted by molar-refractivity contribution is 0.182. The van der Waals surface area contributed by atoms with E-state index in [0.29, 0.717) is 12.4 Å². The first kappa shape index (κ1) is 13.5. The molecule has 3 aromatic rings. The lowest BCUT2D eigenvalue weighted by atomic mass is 10.1. The van der Waals surface area contributed by atoms with E-state index < -0.39 is 0 Å². The van der Waals surface area contributed by atoms with Gasteiger partial charge in [-0.1, -0.05) is 30.3 Å². The van der Waals surface area contributed by atoms with Crippen molar-refractivity contribution >= 4 is 0 Å². The van der Waals surface area contributed by atoms with Crippen LogP contribution in [0.25, 0.3) is 22.6 Å². The Morgan fingerprint density at radius 2 is 1.71 bits per heavy atom. The van der Waals surface area contributed by atoms with Gasteiger partial charge in [0.25, 0.3) is 0 Å². The normalized spacial score (nSPS) is 10.8. The fourth-order valence-corrected chi connectivity index (χ4v) is 2.24. The SMILES string of the molecule is COCc1nc(-c2ccc(F)cc2)[nH]c1-c1ccccc1. The van der Waals surface area contributed by atoms with Gasteiger partial charge in [-0.3, -0.25) is 0 Å². The number of ether oxygens (including phenoxy) is 1. The number of benzene rings is 2. The molecule has 21 heavy (non-hydrogen) atoms. The van der Waals surface area contributed by atoms with E-state index in [1.807, 2.05) is 30.3 Å². The molecule has 0 amide bonds. The molecule has 1 aromatic heterocycles. The maximum atomic E-state index is 13.0. The molecule has 4 heteroatoms. The highest BCUT2D eigenvalue weighted by atomic mass is 19.1.